The van der Waals surface area contributed by atoms with Gasteiger partial charge in [0.05, 0.1) is 19.7 Å². The van der Waals surface area contributed by atoms with Crippen molar-refractivity contribution in [3.05, 3.63) is 60.2 Å². The highest BCUT2D eigenvalue weighted by molar-refractivity contribution is 5.78. The van der Waals surface area contributed by atoms with Crippen LogP contribution in [0.15, 0.2) is 54.6 Å². The van der Waals surface area contributed by atoms with Gasteiger partial charge in [0.1, 0.15) is 18.1 Å². The standard InChI is InChI=1S/C22H28N2O4/c1-17(19-7-5-4-6-8-19)24(18(2)25)15-13-22(26)23-14-16-28-21-11-9-20(27-3)10-12-21/h4-12,17H,13-16H2,1-3H3,(H,23,26). The Labute approximate surface area is 166 Å². The zero-order valence-electron chi connectivity index (χ0n) is 16.7. The van der Waals surface area contributed by atoms with E-state index in [1.54, 1.807) is 12.0 Å². The third-order valence-electron chi connectivity index (χ3n) is 4.49. The number of methoxy groups -OCH3 is 1. The van der Waals surface area contributed by atoms with Crippen LogP contribution in [0.25, 0.3) is 0 Å². The molecule has 0 radical (unpaired) electrons. The lowest BCUT2D eigenvalue weighted by molar-refractivity contribution is -0.131. The van der Waals surface area contributed by atoms with Gasteiger partial charge in [-0.05, 0) is 36.8 Å². The fourth-order valence-corrected chi connectivity index (χ4v) is 2.88. The Hall–Kier alpha value is -3.02. The number of ether oxygens (including phenoxy) is 2. The minimum Gasteiger partial charge on any atom is -0.497 e. The number of hydrogen-bond acceptors (Lipinski definition) is 4. The number of carbonyl (C=O) groups is 2. The van der Waals surface area contributed by atoms with Crippen LogP contribution in [-0.4, -0.2) is 43.5 Å². The summed E-state index contributed by atoms with van der Waals surface area (Å²) in [6.45, 7) is 4.64. The number of rotatable bonds is 10. The molecule has 0 spiro atoms. The molecule has 0 heterocycles. The first-order chi connectivity index (χ1) is 13.5. The summed E-state index contributed by atoms with van der Waals surface area (Å²) in [6, 6.07) is 17.0. The van der Waals surface area contributed by atoms with Crippen molar-refractivity contribution in [3.8, 4) is 11.5 Å². The first kappa shape index (κ1) is 21.3. The SMILES string of the molecule is COc1ccc(OCCNC(=O)CCN(C(C)=O)C(C)c2ccccc2)cc1. The third kappa shape index (κ3) is 6.61. The molecule has 0 aliphatic heterocycles. The van der Waals surface area contributed by atoms with Crippen LogP contribution in [0.1, 0.15) is 31.9 Å². The van der Waals surface area contributed by atoms with Gasteiger partial charge >= 0.3 is 0 Å². The highest BCUT2D eigenvalue weighted by Gasteiger charge is 2.19. The maximum Gasteiger partial charge on any atom is 0.221 e. The monoisotopic (exact) mass is 384 g/mol. The number of carbonyl (C=O) groups excluding carboxylic acids is 2. The highest BCUT2D eigenvalue weighted by atomic mass is 16.5. The third-order valence-corrected chi connectivity index (χ3v) is 4.49. The summed E-state index contributed by atoms with van der Waals surface area (Å²) >= 11 is 0. The second kappa shape index (κ2) is 11.0. The van der Waals surface area contributed by atoms with Crippen LogP contribution in [0.4, 0.5) is 0 Å². The molecule has 6 nitrogen and oxygen atoms in total. The molecule has 6 heteroatoms. The number of hydrogen-bond donors (Lipinski definition) is 1. The van der Waals surface area contributed by atoms with Crippen LogP contribution in [-0.2, 0) is 9.59 Å². The molecule has 0 fully saturated rings. The van der Waals surface area contributed by atoms with E-state index in [0.717, 1.165) is 17.1 Å². The molecule has 2 aromatic carbocycles. The molecule has 2 rings (SSSR count). The molecule has 0 saturated carbocycles. The van der Waals surface area contributed by atoms with E-state index in [1.165, 1.54) is 6.92 Å². The van der Waals surface area contributed by atoms with Gasteiger partial charge in [0.25, 0.3) is 0 Å². The Kier molecular flexibility index (Phi) is 8.34. The van der Waals surface area contributed by atoms with Gasteiger partial charge in [-0.1, -0.05) is 30.3 Å². The molecule has 2 aromatic rings. The average molecular weight is 384 g/mol. The van der Waals surface area contributed by atoms with E-state index in [9.17, 15) is 9.59 Å². The molecule has 0 bridgehead atoms. The van der Waals surface area contributed by atoms with Gasteiger partial charge in [-0.15, -0.1) is 0 Å². The second-order valence-electron chi connectivity index (χ2n) is 6.42. The lowest BCUT2D eigenvalue weighted by Gasteiger charge is -2.28. The summed E-state index contributed by atoms with van der Waals surface area (Å²) in [6.07, 6.45) is 0.249. The van der Waals surface area contributed by atoms with Crippen molar-refractivity contribution < 1.29 is 19.1 Å². The molecular formula is C22H28N2O4. The van der Waals surface area contributed by atoms with E-state index < -0.39 is 0 Å². The topological polar surface area (TPSA) is 67.9 Å². The summed E-state index contributed by atoms with van der Waals surface area (Å²) in [5.74, 6) is 1.33. The molecule has 0 saturated heterocycles. The van der Waals surface area contributed by atoms with Crippen molar-refractivity contribution in [2.75, 3.05) is 26.8 Å². The van der Waals surface area contributed by atoms with Gasteiger partial charge in [0, 0.05) is 19.9 Å². The zero-order valence-corrected chi connectivity index (χ0v) is 16.7. The summed E-state index contributed by atoms with van der Waals surface area (Å²) in [5.41, 5.74) is 1.05. The molecule has 1 atom stereocenters. The number of nitrogens with zero attached hydrogens (tertiary/aromatic N) is 1. The fourth-order valence-electron chi connectivity index (χ4n) is 2.88. The van der Waals surface area contributed by atoms with Gasteiger partial charge in [-0.2, -0.15) is 0 Å². The van der Waals surface area contributed by atoms with Crippen LogP contribution in [0, 0.1) is 0 Å². The number of benzene rings is 2. The number of nitrogens with one attached hydrogen (secondary N) is 1. The predicted molar refractivity (Wildman–Crippen MR) is 108 cm³/mol. The highest BCUT2D eigenvalue weighted by Crippen LogP contribution is 2.20. The minimum atomic E-state index is -0.107. The average Bonchev–Trinajstić information content (AvgIpc) is 2.72. The quantitative estimate of drug-likeness (QED) is 0.639. The van der Waals surface area contributed by atoms with Crippen LogP contribution >= 0.6 is 0 Å². The van der Waals surface area contributed by atoms with Crippen molar-refractivity contribution in [3.63, 3.8) is 0 Å². The van der Waals surface area contributed by atoms with Crippen LogP contribution in [0.5, 0.6) is 11.5 Å². The van der Waals surface area contributed by atoms with E-state index in [2.05, 4.69) is 5.32 Å². The van der Waals surface area contributed by atoms with E-state index in [1.807, 2.05) is 61.5 Å². The van der Waals surface area contributed by atoms with Gasteiger partial charge in [0.15, 0.2) is 0 Å². The van der Waals surface area contributed by atoms with E-state index in [4.69, 9.17) is 9.47 Å². The van der Waals surface area contributed by atoms with Crippen molar-refractivity contribution in [2.45, 2.75) is 26.3 Å². The maximum absolute atomic E-state index is 12.1. The first-order valence-corrected chi connectivity index (χ1v) is 9.37. The molecule has 150 valence electrons. The second-order valence-corrected chi connectivity index (χ2v) is 6.42. The van der Waals surface area contributed by atoms with Crippen molar-refractivity contribution in [2.24, 2.45) is 0 Å². The molecular weight excluding hydrogens is 356 g/mol. The smallest absolute Gasteiger partial charge is 0.221 e. The Morgan fingerprint density at radius 1 is 1.04 bits per heavy atom. The van der Waals surface area contributed by atoms with Gasteiger partial charge in [-0.3, -0.25) is 9.59 Å². The zero-order chi connectivity index (χ0) is 20.4. The summed E-state index contributed by atoms with van der Waals surface area (Å²) in [4.78, 5) is 25.8. The van der Waals surface area contributed by atoms with Crippen LogP contribution in [0.3, 0.4) is 0 Å². The Balaban J connectivity index is 1.72. The van der Waals surface area contributed by atoms with Crippen molar-refractivity contribution in [1.82, 2.24) is 10.2 Å². The van der Waals surface area contributed by atoms with Gasteiger partial charge in [-0.25, -0.2) is 0 Å². The molecule has 1 unspecified atom stereocenters. The van der Waals surface area contributed by atoms with Gasteiger partial charge in [0.2, 0.25) is 11.8 Å². The lowest BCUT2D eigenvalue weighted by Crippen LogP contribution is -2.36. The lowest BCUT2D eigenvalue weighted by atomic mass is 10.1. The molecule has 0 aromatic heterocycles. The van der Waals surface area contributed by atoms with Crippen LogP contribution in [0.2, 0.25) is 0 Å². The maximum atomic E-state index is 12.1. The first-order valence-electron chi connectivity index (χ1n) is 9.37. The normalized spacial score (nSPS) is 11.4. The van der Waals surface area contributed by atoms with Crippen LogP contribution < -0.4 is 14.8 Å². The Bertz CT molecular complexity index is 747. The molecule has 0 aliphatic carbocycles. The van der Waals surface area contributed by atoms with E-state index in [0.29, 0.717) is 19.7 Å². The van der Waals surface area contributed by atoms with E-state index in [-0.39, 0.29) is 24.3 Å². The summed E-state index contributed by atoms with van der Waals surface area (Å²) in [7, 11) is 1.61. The largest absolute Gasteiger partial charge is 0.497 e. The Morgan fingerprint density at radius 3 is 2.29 bits per heavy atom. The minimum absolute atomic E-state index is 0.0491. The van der Waals surface area contributed by atoms with Gasteiger partial charge < -0.3 is 19.7 Å². The summed E-state index contributed by atoms with van der Waals surface area (Å²) in [5, 5.41) is 2.82. The summed E-state index contributed by atoms with van der Waals surface area (Å²) < 4.78 is 10.7. The fraction of sp³-hybridized carbons (Fsp3) is 0.364. The van der Waals surface area contributed by atoms with E-state index >= 15 is 0 Å². The molecule has 2 amide bonds. The Morgan fingerprint density at radius 2 is 1.68 bits per heavy atom. The van der Waals surface area contributed by atoms with Crippen molar-refractivity contribution >= 4 is 11.8 Å². The van der Waals surface area contributed by atoms with Crippen molar-refractivity contribution in [1.29, 1.82) is 0 Å². The molecule has 0 aliphatic rings. The molecule has 1 N–H and O–H groups in total. The predicted octanol–water partition coefficient (Wildman–Crippen LogP) is 3.19. The number of amides is 2. The molecule has 28 heavy (non-hydrogen) atoms.